The first kappa shape index (κ1) is 14.7. The van der Waals surface area contributed by atoms with Crippen LogP contribution in [0.1, 0.15) is 20.8 Å². The van der Waals surface area contributed by atoms with E-state index in [0.29, 0.717) is 4.73 Å². The summed E-state index contributed by atoms with van der Waals surface area (Å²) in [4.78, 5) is 27.0. The first-order valence-corrected chi connectivity index (χ1v) is 5.50. The molecule has 0 aliphatic carbocycles. The highest BCUT2D eigenvalue weighted by Crippen LogP contribution is 2.18. The van der Waals surface area contributed by atoms with Crippen molar-refractivity contribution in [3.63, 3.8) is 0 Å². The van der Waals surface area contributed by atoms with Crippen LogP contribution in [-0.2, 0) is 14.3 Å². The van der Waals surface area contributed by atoms with E-state index in [2.05, 4.69) is 9.57 Å². The number of esters is 1. The van der Waals surface area contributed by atoms with Gasteiger partial charge in [0.1, 0.15) is 0 Å². The van der Waals surface area contributed by atoms with Crippen molar-refractivity contribution >= 4 is 12.1 Å². The van der Waals surface area contributed by atoms with Gasteiger partial charge < -0.3 is 19.7 Å². The van der Waals surface area contributed by atoms with E-state index in [9.17, 15) is 19.8 Å². The van der Waals surface area contributed by atoms with Gasteiger partial charge in [0.25, 0.3) is 0 Å². The van der Waals surface area contributed by atoms with Crippen LogP contribution < -0.4 is 4.84 Å². The SMILES string of the molecule is CC(OC(=O)On1c(O)ccc1O)OC(=O)C(C)C. The van der Waals surface area contributed by atoms with Gasteiger partial charge in [-0.2, -0.15) is 0 Å². The summed E-state index contributed by atoms with van der Waals surface area (Å²) in [5, 5.41) is 18.4. The predicted octanol–water partition coefficient (Wildman–Crippen LogP) is 1.01. The van der Waals surface area contributed by atoms with Gasteiger partial charge in [-0.3, -0.25) is 9.63 Å². The second-order valence-corrected chi connectivity index (χ2v) is 3.96. The van der Waals surface area contributed by atoms with Gasteiger partial charge in [-0.05, 0) is 0 Å². The third-order valence-corrected chi connectivity index (χ3v) is 1.98. The number of aromatic nitrogens is 1. The van der Waals surface area contributed by atoms with Crippen molar-refractivity contribution in [3.8, 4) is 11.8 Å². The highest BCUT2D eigenvalue weighted by atomic mass is 16.9. The molecule has 106 valence electrons. The van der Waals surface area contributed by atoms with Crippen LogP contribution in [0, 0.1) is 5.92 Å². The van der Waals surface area contributed by atoms with E-state index in [1.807, 2.05) is 0 Å². The lowest BCUT2D eigenvalue weighted by Gasteiger charge is -2.15. The van der Waals surface area contributed by atoms with E-state index in [1.165, 1.54) is 6.92 Å². The van der Waals surface area contributed by atoms with Crippen molar-refractivity contribution < 1.29 is 34.1 Å². The average Bonchev–Trinajstić information content (AvgIpc) is 2.60. The minimum Gasteiger partial charge on any atom is -0.492 e. The third-order valence-electron chi connectivity index (χ3n) is 1.98. The molecule has 2 N–H and O–H groups in total. The molecule has 1 rings (SSSR count). The largest absolute Gasteiger partial charge is 0.537 e. The van der Waals surface area contributed by atoms with Gasteiger partial charge in [0.05, 0.1) is 5.92 Å². The fourth-order valence-corrected chi connectivity index (χ4v) is 1.05. The molecule has 8 nitrogen and oxygen atoms in total. The molecule has 0 bridgehead atoms. The van der Waals surface area contributed by atoms with Gasteiger partial charge in [-0.15, -0.1) is 4.73 Å². The van der Waals surface area contributed by atoms with Crippen molar-refractivity contribution in [2.75, 3.05) is 0 Å². The fraction of sp³-hybridized carbons (Fsp3) is 0.455. The summed E-state index contributed by atoms with van der Waals surface area (Å²) in [6, 6.07) is 2.23. The first-order valence-electron chi connectivity index (χ1n) is 5.50. The zero-order valence-corrected chi connectivity index (χ0v) is 10.7. The lowest BCUT2D eigenvalue weighted by atomic mass is 10.2. The molecule has 0 radical (unpaired) electrons. The minimum absolute atomic E-state index is 0.361. The van der Waals surface area contributed by atoms with Gasteiger partial charge in [0.15, 0.2) is 0 Å². The quantitative estimate of drug-likeness (QED) is 0.622. The Hall–Kier alpha value is -2.38. The smallest absolute Gasteiger partial charge is 0.492 e. The van der Waals surface area contributed by atoms with Gasteiger partial charge >= 0.3 is 12.1 Å². The number of hydrogen-bond donors (Lipinski definition) is 2. The van der Waals surface area contributed by atoms with Crippen molar-refractivity contribution in [2.24, 2.45) is 5.92 Å². The second kappa shape index (κ2) is 5.98. The Morgan fingerprint density at radius 3 is 2.11 bits per heavy atom. The van der Waals surface area contributed by atoms with Gasteiger partial charge in [-0.1, -0.05) is 13.8 Å². The van der Waals surface area contributed by atoms with Crippen LogP contribution >= 0.6 is 0 Å². The van der Waals surface area contributed by atoms with Crippen LogP contribution in [0.3, 0.4) is 0 Å². The predicted molar refractivity (Wildman–Crippen MR) is 61.2 cm³/mol. The molecule has 19 heavy (non-hydrogen) atoms. The van der Waals surface area contributed by atoms with Gasteiger partial charge in [0.2, 0.25) is 18.1 Å². The van der Waals surface area contributed by atoms with Crippen LogP contribution in [0.5, 0.6) is 11.8 Å². The number of nitrogens with zero attached hydrogens (tertiary/aromatic N) is 1. The fourth-order valence-electron chi connectivity index (χ4n) is 1.05. The van der Waals surface area contributed by atoms with Crippen LogP contribution in [0.25, 0.3) is 0 Å². The van der Waals surface area contributed by atoms with Crippen LogP contribution in [-0.4, -0.2) is 33.4 Å². The summed E-state index contributed by atoms with van der Waals surface area (Å²) < 4.78 is 9.83. The lowest BCUT2D eigenvalue weighted by molar-refractivity contribution is -0.171. The van der Waals surface area contributed by atoms with E-state index < -0.39 is 30.2 Å². The van der Waals surface area contributed by atoms with Crippen molar-refractivity contribution in [3.05, 3.63) is 12.1 Å². The van der Waals surface area contributed by atoms with Crippen molar-refractivity contribution in [2.45, 2.75) is 27.1 Å². The van der Waals surface area contributed by atoms with E-state index in [0.717, 1.165) is 12.1 Å². The molecular formula is C11H15NO7. The molecule has 0 saturated heterocycles. The van der Waals surface area contributed by atoms with E-state index in [-0.39, 0.29) is 5.92 Å². The molecule has 0 spiro atoms. The Bertz CT molecular complexity index is 446. The Labute approximate surface area is 109 Å². The highest BCUT2D eigenvalue weighted by molar-refractivity contribution is 5.71. The number of hydrogen-bond acceptors (Lipinski definition) is 7. The standard InChI is InChI=1S/C11H15NO7/c1-6(2)10(15)17-7(3)18-11(16)19-12-8(13)4-5-9(12)14/h4-7,13-14H,1-3H3. The molecule has 0 fully saturated rings. The summed E-state index contributed by atoms with van der Waals surface area (Å²) in [5.74, 6) is -1.87. The summed E-state index contributed by atoms with van der Waals surface area (Å²) in [6.07, 6.45) is -2.40. The molecule has 1 aromatic heterocycles. The van der Waals surface area contributed by atoms with E-state index in [4.69, 9.17) is 4.74 Å². The number of carbonyl (C=O) groups is 2. The molecule has 0 aromatic carbocycles. The summed E-state index contributed by atoms with van der Waals surface area (Å²) in [7, 11) is 0. The normalized spacial score (nSPS) is 12.0. The molecule has 0 aliphatic rings. The third kappa shape index (κ3) is 4.09. The van der Waals surface area contributed by atoms with Crippen LogP contribution in [0.15, 0.2) is 12.1 Å². The number of carbonyl (C=O) groups excluding carboxylic acids is 2. The maximum absolute atomic E-state index is 11.3. The Morgan fingerprint density at radius 1 is 1.11 bits per heavy atom. The van der Waals surface area contributed by atoms with Crippen LogP contribution in [0.4, 0.5) is 4.79 Å². The molecule has 1 heterocycles. The maximum Gasteiger partial charge on any atom is 0.537 e. The summed E-state index contributed by atoms with van der Waals surface area (Å²) in [5.41, 5.74) is 0. The molecule has 1 aromatic rings. The lowest BCUT2D eigenvalue weighted by Crippen LogP contribution is -2.28. The van der Waals surface area contributed by atoms with E-state index >= 15 is 0 Å². The molecule has 0 aliphatic heterocycles. The van der Waals surface area contributed by atoms with Crippen molar-refractivity contribution in [1.29, 1.82) is 0 Å². The van der Waals surface area contributed by atoms with Crippen LogP contribution in [0.2, 0.25) is 0 Å². The molecular weight excluding hydrogens is 258 g/mol. The number of aromatic hydroxyl groups is 2. The topological polar surface area (TPSA) is 107 Å². The maximum atomic E-state index is 11.3. The monoisotopic (exact) mass is 273 g/mol. The first-order chi connectivity index (χ1) is 8.81. The zero-order valence-electron chi connectivity index (χ0n) is 10.7. The van der Waals surface area contributed by atoms with E-state index in [1.54, 1.807) is 13.8 Å². The molecule has 8 heteroatoms. The highest BCUT2D eigenvalue weighted by Gasteiger charge is 2.19. The molecule has 1 unspecified atom stereocenters. The number of ether oxygens (including phenoxy) is 2. The molecule has 1 atom stereocenters. The zero-order chi connectivity index (χ0) is 14.6. The molecule has 0 saturated carbocycles. The second-order valence-electron chi connectivity index (χ2n) is 3.96. The van der Waals surface area contributed by atoms with Gasteiger partial charge in [0, 0.05) is 19.1 Å². The summed E-state index contributed by atoms with van der Waals surface area (Å²) in [6.45, 7) is 4.59. The minimum atomic E-state index is -1.24. The Kier molecular flexibility index (Phi) is 4.62. The molecule has 0 amide bonds. The van der Waals surface area contributed by atoms with Gasteiger partial charge in [-0.25, -0.2) is 4.79 Å². The summed E-state index contributed by atoms with van der Waals surface area (Å²) >= 11 is 0. The Balaban J connectivity index is 2.50. The average molecular weight is 273 g/mol. The Morgan fingerprint density at radius 2 is 1.63 bits per heavy atom. The number of rotatable bonds is 4. The van der Waals surface area contributed by atoms with Crippen molar-refractivity contribution in [1.82, 2.24) is 4.73 Å².